The van der Waals surface area contributed by atoms with Gasteiger partial charge in [-0.2, -0.15) is 28.5 Å². The van der Waals surface area contributed by atoms with Crippen molar-refractivity contribution in [2.45, 2.75) is 95.7 Å². The lowest BCUT2D eigenvalue weighted by Gasteiger charge is -2.39. The number of rotatable bonds is 23. The van der Waals surface area contributed by atoms with E-state index in [0.717, 1.165) is 16.7 Å². The van der Waals surface area contributed by atoms with Crippen LogP contribution in [0.4, 0.5) is 19.1 Å². The van der Waals surface area contributed by atoms with Gasteiger partial charge in [0.25, 0.3) is 14.1 Å². The molecule has 0 bridgehead atoms. The van der Waals surface area contributed by atoms with Crippen LogP contribution in [0, 0.1) is 11.3 Å². The van der Waals surface area contributed by atoms with Gasteiger partial charge in [-0.1, -0.05) is 54.6 Å². The van der Waals surface area contributed by atoms with Gasteiger partial charge in [0.2, 0.25) is 5.95 Å². The van der Waals surface area contributed by atoms with E-state index in [2.05, 4.69) is 20.7 Å². The molecule has 1 aliphatic rings. The highest BCUT2D eigenvalue weighted by Crippen LogP contribution is 2.51. The molecule has 4 atom stereocenters. The fourth-order valence-electron chi connectivity index (χ4n) is 8.07. The van der Waals surface area contributed by atoms with Crippen LogP contribution in [0.5, 0.6) is 11.5 Å². The van der Waals surface area contributed by atoms with Gasteiger partial charge in [0.05, 0.1) is 58.1 Å². The highest BCUT2D eigenvalue weighted by molar-refractivity contribution is 7.44. The lowest BCUT2D eigenvalue weighted by molar-refractivity contribution is -0.173. The third-order valence-electron chi connectivity index (χ3n) is 11.1. The first kappa shape index (κ1) is 52.4. The number of methoxy groups -OCH3 is 2. The summed E-state index contributed by atoms with van der Waals surface area (Å²) in [4.78, 5) is 38.8. The summed E-state index contributed by atoms with van der Waals surface area (Å²) >= 11 is 0. The molecule has 0 saturated carbocycles. The summed E-state index contributed by atoms with van der Waals surface area (Å²) in [6.45, 7) is 7.84. The summed E-state index contributed by atoms with van der Waals surface area (Å²) in [6.07, 6.45) is -5.82. The first-order valence-electron chi connectivity index (χ1n) is 22.5. The molecule has 0 radical (unpaired) electrons. The van der Waals surface area contributed by atoms with E-state index in [1.807, 2.05) is 112 Å². The van der Waals surface area contributed by atoms with Gasteiger partial charge in [0.1, 0.15) is 28.6 Å². The number of aryl methyl sites for hydroxylation is 1. The van der Waals surface area contributed by atoms with Gasteiger partial charge < -0.3 is 38.2 Å². The molecule has 1 aliphatic heterocycles. The second-order valence-electron chi connectivity index (χ2n) is 16.9. The molecule has 69 heavy (non-hydrogen) atoms. The van der Waals surface area contributed by atoms with Crippen LogP contribution in [0.15, 0.2) is 88.6 Å². The zero-order valence-electron chi connectivity index (χ0n) is 39.9. The monoisotopic (exact) mass is 977 g/mol. The first-order valence-corrected chi connectivity index (χ1v) is 23.6. The number of nitrogens with one attached hydrogen (secondary N) is 2. The fourth-order valence-corrected chi connectivity index (χ4v) is 9.83. The van der Waals surface area contributed by atoms with Crippen LogP contribution in [0.25, 0.3) is 11.0 Å². The SMILES string of the molecule is COc1ccc(C(OC[C@H]2O[C@@H](n3nc(CCCNC(=O)C(F)(F)F)c4c(=O)[nH]c(/N=C/N(C)C)nc43)C[C@H]2OP(OCCC#N)N(C(C)C)C(C)C)(c2ccccc2)c2ccc(OC)cc2)cc1. The lowest BCUT2D eigenvalue weighted by Crippen LogP contribution is -2.39. The molecule has 2 aromatic heterocycles. The average molecular weight is 978 g/mol. The van der Waals surface area contributed by atoms with Gasteiger partial charge in [-0.05, 0) is 81.5 Å². The molecule has 370 valence electrons. The zero-order chi connectivity index (χ0) is 49.9. The van der Waals surface area contributed by atoms with Gasteiger partial charge >= 0.3 is 12.1 Å². The number of hydrogen-bond acceptors (Lipinski definition) is 13. The minimum atomic E-state index is -5.05. The summed E-state index contributed by atoms with van der Waals surface area (Å²) < 4.78 is 81.4. The Labute approximate surface area is 400 Å². The van der Waals surface area contributed by atoms with Crippen LogP contribution in [0.1, 0.15) is 75.6 Å². The summed E-state index contributed by atoms with van der Waals surface area (Å²) in [5.41, 5.74) is 0.872. The van der Waals surface area contributed by atoms with Crippen LogP contribution < -0.4 is 20.3 Å². The fraction of sp³-hybridized carbons (Fsp3) is 0.458. The third kappa shape index (κ3) is 12.6. The molecule has 5 aromatic rings. The van der Waals surface area contributed by atoms with Crippen LogP contribution in [0.2, 0.25) is 0 Å². The largest absolute Gasteiger partial charge is 0.497 e. The maximum atomic E-state index is 13.9. The molecule has 17 nitrogen and oxygen atoms in total. The molecule has 6 rings (SSSR count). The summed E-state index contributed by atoms with van der Waals surface area (Å²) in [5.74, 6) is -0.798. The Hall–Kier alpha value is -5.94. The van der Waals surface area contributed by atoms with E-state index in [-0.39, 0.29) is 80.2 Å². The van der Waals surface area contributed by atoms with Crippen molar-refractivity contribution in [3.05, 3.63) is 112 Å². The topological polar surface area (TPSA) is 191 Å². The van der Waals surface area contributed by atoms with Crippen molar-refractivity contribution in [3.63, 3.8) is 0 Å². The zero-order valence-corrected chi connectivity index (χ0v) is 40.8. The number of hydrogen-bond donors (Lipinski definition) is 2. The molecule has 0 aliphatic carbocycles. The Morgan fingerprint density at radius 2 is 1.61 bits per heavy atom. The summed E-state index contributed by atoms with van der Waals surface area (Å²) in [6, 6.07) is 27.1. The van der Waals surface area contributed by atoms with Crippen LogP contribution in [0.3, 0.4) is 0 Å². The molecule has 1 saturated heterocycles. The quantitative estimate of drug-likeness (QED) is 0.0211. The number of aromatic amines is 1. The van der Waals surface area contributed by atoms with Gasteiger partial charge in [-0.3, -0.25) is 14.6 Å². The average Bonchev–Trinajstić information content (AvgIpc) is 3.90. The van der Waals surface area contributed by atoms with Crippen LogP contribution in [-0.2, 0) is 35.3 Å². The van der Waals surface area contributed by atoms with E-state index < -0.39 is 50.2 Å². The number of aromatic nitrogens is 4. The minimum absolute atomic E-state index is 0.00495. The molecular weight excluding hydrogens is 919 g/mol. The molecule has 2 N–H and O–H groups in total. The van der Waals surface area contributed by atoms with Gasteiger partial charge in [0.15, 0.2) is 11.9 Å². The number of aliphatic imine (C=N–C) groups is 1. The second kappa shape index (κ2) is 23.6. The maximum absolute atomic E-state index is 13.9. The highest BCUT2D eigenvalue weighted by Gasteiger charge is 2.46. The number of halogens is 3. The lowest BCUT2D eigenvalue weighted by atomic mass is 9.80. The van der Waals surface area contributed by atoms with E-state index in [4.69, 9.17) is 38.1 Å². The molecule has 0 spiro atoms. The second-order valence-corrected chi connectivity index (χ2v) is 18.3. The smallest absolute Gasteiger partial charge is 0.471 e. The Morgan fingerprint density at radius 3 is 2.16 bits per heavy atom. The summed E-state index contributed by atoms with van der Waals surface area (Å²) in [5, 5.41) is 16.3. The molecular formula is C48H59F3N9O8P. The number of ether oxygens (including phenoxy) is 4. The van der Waals surface area contributed by atoms with Gasteiger partial charge in [0, 0.05) is 39.1 Å². The Balaban J connectivity index is 1.47. The molecule has 3 aromatic carbocycles. The number of carbonyl (C=O) groups excluding carboxylic acids is 1. The number of fused-ring (bicyclic) bond motifs is 1. The van der Waals surface area contributed by atoms with E-state index in [1.165, 1.54) is 11.0 Å². The number of amides is 1. The van der Waals surface area contributed by atoms with E-state index in [1.54, 1.807) is 33.2 Å². The molecule has 1 amide bonds. The number of benzene rings is 3. The molecule has 1 unspecified atom stereocenters. The van der Waals surface area contributed by atoms with Crippen molar-refractivity contribution in [2.75, 3.05) is 48.1 Å². The van der Waals surface area contributed by atoms with E-state index in [0.29, 0.717) is 11.5 Å². The number of nitrogens with zero attached hydrogens (tertiary/aromatic N) is 7. The Kier molecular flexibility index (Phi) is 17.9. The number of nitriles is 1. The van der Waals surface area contributed by atoms with Crippen molar-refractivity contribution in [3.8, 4) is 17.6 Å². The van der Waals surface area contributed by atoms with Gasteiger partial charge in [-0.25, -0.2) is 14.3 Å². The Morgan fingerprint density at radius 1 is 1.00 bits per heavy atom. The van der Waals surface area contributed by atoms with Crippen molar-refractivity contribution < 1.29 is 46.0 Å². The summed E-state index contributed by atoms with van der Waals surface area (Å²) in [7, 11) is 4.88. The van der Waals surface area contributed by atoms with Crippen molar-refractivity contribution in [2.24, 2.45) is 4.99 Å². The van der Waals surface area contributed by atoms with E-state index in [9.17, 15) is 28.0 Å². The molecule has 1 fully saturated rings. The highest BCUT2D eigenvalue weighted by atomic mass is 31.2. The van der Waals surface area contributed by atoms with Crippen molar-refractivity contribution in [1.82, 2.24) is 34.6 Å². The third-order valence-corrected chi connectivity index (χ3v) is 13.3. The predicted molar refractivity (Wildman–Crippen MR) is 254 cm³/mol. The maximum Gasteiger partial charge on any atom is 0.471 e. The first-order chi connectivity index (χ1) is 33.0. The van der Waals surface area contributed by atoms with E-state index >= 15 is 0 Å². The number of H-pyrrole nitrogens is 1. The molecule has 21 heteroatoms. The Bertz CT molecular complexity index is 2530. The molecule has 3 heterocycles. The van der Waals surface area contributed by atoms with Crippen LogP contribution in [-0.4, -0.2) is 120 Å². The predicted octanol–water partition coefficient (Wildman–Crippen LogP) is 7.93. The van der Waals surface area contributed by atoms with Crippen molar-refractivity contribution >= 4 is 37.8 Å². The standard InChI is InChI=1S/C48H59F3N9O8P/c1-31(2)60(32(3)4)69(66-27-13-25-52)68-39-28-41(59-43-42(44(61)56-46(55-43)54-30-58(5)6)38(57-59)16-12-26-53-45(62)48(49,50)51)67-40(39)29-65-47(33-14-10-9-11-15-33,34-17-21-36(63-7)22-18-34)35-19-23-37(64-8)24-20-35/h9-11,14-15,17-24,30-32,39-41H,12-13,16,26-29H2,1-8H3,(H,53,62)(H,55,56,61)/b54-30+/t39-,40-,41-,69?/m1/s1. The minimum Gasteiger partial charge on any atom is -0.497 e. The normalized spacial score (nSPS) is 17.0. The number of carbonyl (C=O) groups is 1. The van der Waals surface area contributed by atoms with Crippen LogP contribution >= 0.6 is 8.53 Å². The van der Waals surface area contributed by atoms with Gasteiger partial charge in [-0.15, -0.1) is 0 Å². The van der Waals surface area contributed by atoms with Crippen molar-refractivity contribution in [1.29, 1.82) is 5.26 Å². The number of alkyl halides is 3.